The largest absolute Gasteiger partial charge is 0.385 e. The van der Waals surface area contributed by atoms with Crippen LogP contribution in [0.3, 0.4) is 0 Å². The van der Waals surface area contributed by atoms with Gasteiger partial charge in [0.05, 0.1) is 17.8 Å². The molecule has 1 aromatic carbocycles. The van der Waals surface area contributed by atoms with E-state index in [0.717, 1.165) is 42.5 Å². The molecule has 3 aromatic heterocycles. The Morgan fingerprint density at radius 1 is 0.972 bits per heavy atom. The third kappa shape index (κ3) is 5.11. The van der Waals surface area contributed by atoms with Crippen LogP contribution in [-0.2, 0) is 6.54 Å². The maximum atomic E-state index is 5.88. The number of para-hydroxylation sites is 1. The quantitative estimate of drug-likeness (QED) is 0.238. The molecule has 5 rings (SSSR count). The molecule has 4 heterocycles. The summed E-state index contributed by atoms with van der Waals surface area (Å²) in [6.45, 7) is 6.96. The number of anilines is 1. The predicted molar refractivity (Wildman–Crippen MR) is 149 cm³/mol. The van der Waals surface area contributed by atoms with Crippen LogP contribution in [0.2, 0.25) is 0 Å². The normalized spacial score (nSPS) is 17.3. The Balaban J connectivity index is 1.41. The Kier molecular flexibility index (Phi) is 7.28. The Hall–Kier alpha value is -3.71. The van der Waals surface area contributed by atoms with Gasteiger partial charge in [0.15, 0.2) is 5.11 Å². The fraction of sp³-hybridized carbons (Fsp3) is 0.276. The van der Waals surface area contributed by atoms with Crippen molar-refractivity contribution in [2.24, 2.45) is 0 Å². The first-order valence-corrected chi connectivity index (χ1v) is 12.8. The number of hydrogen-bond donors (Lipinski definition) is 2. The lowest BCUT2D eigenvalue weighted by Gasteiger charge is -2.28. The summed E-state index contributed by atoms with van der Waals surface area (Å²) in [6.07, 6.45) is 6.53. The van der Waals surface area contributed by atoms with Crippen LogP contribution in [0.25, 0.3) is 0 Å². The number of aryl methyl sites for hydroxylation is 1. The number of pyridine rings is 2. The van der Waals surface area contributed by atoms with Crippen LogP contribution in [0.1, 0.15) is 46.7 Å². The summed E-state index contributed by atoms with van der Waals surface area (Å²) < 4.78 is 2.39. The van der Waals surface area contributed by atoms with Crippen LogP contribution in [-0.4, -0.2) is 37.6 Å². The SMILES string of the molecule is Cc1cc(C2C(c3ccccn3)NC(=S)N2CCCNc2ccccc2)c(C)n1Cc1ccncc1. The lowest BCUT2D eigenvalue weighted by atomic mass is 9.96. The maximum Gasteiger partial charge on any atom is 0.170 e. The molecule has 0 saturated carbocycles. The molecule has 0 radical (unpaired) electrons. The van der Waals surface area contributed by atoms with E-state index >= 15 is 0 Å². The Labute approximate surface area is 218 Å². The molecule has 4 aromatic rings. The summed E-state index contributed by atoms with van der Waals surface area (Å²) in [5, 5.41) is 7.90. The fourth-order valence-electron chi connectivity index (χ4n) is 5.06. The minimum atomic E-state index is -0.00402. The van der Waals surface area contributed by atoms with Crippen molar-refractivity contribution >= 4 is 23.0 Å². The van der Waals surface area contributed by atoms with Gasteiger partial charge >= 0.3 is 0 Å². The van der Waals surface area contributed by atoms with Crippen LogP contribution >= 0.6 is 12.2 Å². The standard InChI is InChI=1S/C29H32N6S/c1-21-19-25(22(2)35(21)20-23-12-16-30-17-13-23)28-27(26-11-6-7-14-32-26)33-29(36)34(28)18-8-15-31-24-9-4-3-5-10-24/h3-7,9-14,16-17,19,27-28,31H,8,15,18,20H2,1-2H3,(H,33,36). The van der Waals surface area contributed by atoms with Crippen LogP contribution in [0.4, 0.5) is 5.69 Å². The van der Waals surface area contributed by atoms with E-state index in [1.807, 2.05) is 36.8 Å². The van der Waals surface area contributed by atoms with Gasteiger partial charge in [0.2, 0.25) is 0 Å². The van der Waals surface area contributed by atoms with Gasteiger partial charge in [-0.1, -0.05) is 24.3 Å². The number of nitrogens with one attached hydrogen (secondary N) is 2. The maximum absolute atomic E-state index is 5.88. The van der Waals surface area contributed by atoms with Crippen molar-refractivity contribution in [1.29, 1.82) is 0 Å². The number of rotatable bonds is 9. The van der Waals surface area contributed by atoms with Gasteiger partial charge in [-0.2, -0.15) is 0 Å². The van der Waals surface area contributed by atoms with E-state index in [0.29, 0.717) is 0 Å². The fourth-order valence-corrected chi connectivity index (χ4v) is 5.40. The van der Waals surface area contributed by atoms with Gasteiger partial charge in [0.25, 0.3) is 0 Å². The topological polar surface area (TPSA) is 58.0 Å². The zero-order valence-corrected chi connectivity index (χ0v) is 21.6. The summed E-state index contributed by atoms with van der Waals surface area (Å²) in [5.74, 6) is 0. The molecule has 36 heavy (non-hydrogen) atoms. The van der Waals surface area contributed by atoms with Gasteiger partial charge in [0, 0.05) is 55.3 Å². The van der Waals surface area contributed by atoms with Crippen molar-refractivity contribution in [3.05, 3.63) is 114 Å². The van der Waals surface area contributed by atoms with Crippen LogP contribution in [0, 0.1) is 13.8 Å². The average molecular weight is 497 g/mol. The molecule has 1 fully saturated rings. The molecule has 0 bridgehead atoms. The molecule has 1 aliphatic rings. The number of nitrogens with zero attached hydrogens (tertiary/aromatic N) is 4. The van der Waals surface area contributed by atoms with Crippen molar-refractivity contribution in [3.8, 4) is 0 Å². The van der Waals surface area contributed by atoms with Crippen molar-refractivity contribution in [2.75, 3.05) is 18.4 Å². The van der Waals surface area contributed by atoms with E-state index in [-0.39, 0.29) is 12.1 Å². The zero-order valence-electron chi connectivity index (χ0n) is 20.8. The Morgan fingerprint density at radius 3 is 2.50 bits per heavy atom. The molecule has 7 heteroatoms. The van der Waals surface area contributed by atoms with Gasteiger partial charge in [-0.05, 0) is 86.1 Å². The molecule has 1 saturated heterocycles. The van der Waals surface area contributed by atoms with E-state index in [1.54, 1.807) is 0 Å². The molecule has 2 atom stereocenters. The Bertz CT molecular complexity index is 1290. The molecule has 0 aliphatic carbocycles. The highest BCUT2D eigenvalue weighted by molar-refractivity contribution is 7.80. The molecule has 0 spiro atoms. The van der Waals surface area contributed by atoms with E-state index in [1.165, 1.54) is 22.5 Å². The summed E-state index contributed by atoms with van der Waals surface area (Å²) in [7, 11) is 0. The summed E-state index contributed by atoms with van der Waals surface area (Å²) in [6, 6.07) is 23.0. The summed E-state index contributed by atoms with van der Waals surface area (Å²) >= 11 is 5.88. The summed E-state index contributed by atoms with van der Waals surface area (Å²) in [5.41, 5.74) is 7.18. The van der Waals surface area contributed by atoms with Gasteiger partial charge in [-0.3, -0.25) is 9.97 Å². The second-order valence-electron chi connectivity index (χ2n) is 9.23. The first kappa shape index (κ1) is 24.0. The highest BCUT2D eigenvalue weighted by Gasteiger charge is 2.41. The van der Waals surface area contributed by atoms with Crippen LogP contribution in [0.15, 0.2) is 85.3 Å². The van der Waals surface area contributed by atoms with E-state index < -0.39 is 0 Å². The minimum Gasteiger partial charge on any atom is -0.385 e. The molecule has 2 N–H and O–H groups in total. The van der Waals surface area contributed by atoms with Crippen molar-refractivity contribution in [2.45, 2.75) is 38.9 Å². The van der Waals surface area contributed by atoms with Crippen molar-refractivity contribution in [3.63, 3.8) is 0 Å². The highest BCUT2D eigenvalue weighted by Crippen LogP contribution is 2.41. The first-order valence-electron chi connectivity index (χ1n) is 12.4. The predicted octanol–water partition coefficient (Wildman–Crippen LogP) is 5.42. The lowest BCUT2D eigenvalue weighted by Crippen LogP contribution is -2.31. The molecule has 0 amide bonds. The minimum absolute atomic E-state index is 0.00402. The number of hydrogen-bond acceptors (Lipinski definition) is 4. The molecule has 6 nitrogen and oxygen atoms in total. The van der Waals surface area contributed by atoms with E-state index in [9.17, 15) is 0 Å². The second kappa shape index (κ2) is 10.9. The number of aromatic nitrogens is 3. The summed E-state index contributed by atoms with van der Waals surface area (Å²) in [4.78, 5) is 11.2. The smallest absolute Gasteiger partial charge is 0.170 e. The average Bonchev–Trinajstić information content (AvgIpc) is 3.38. The van der Waals surface area contributed by atoms with Crippen LogP contribution in [0.5, 0.6) is 0 Å². The van der Waals surface area contributed by atoms with Gasteiger partial charge < -0.3 is 20.1 Å². The highest BCUT2D eigenvalue weighted by atomic mass is 32.1. The second-order valence-corrected chi connectivity index (χ2v) is 9.62. The van der Waals surface area contributed by atoms with Gasteiger partial charge in [0.1, 0.15) is 0 Å². The molecule has 184 valence electrons. The van der Waals surface area contributed by atoms with Crippen molar-refractivity contribution in [1.82, 2.24) is 24.8 Å². The van der Waals surface area contributed by atoms with E-state index in [4.69, 9.17) is 17.2 Å². The monoisotopic (exact) mass is 496 g/mol. The van der Waals surface area contributed by atoms with Crippen LogP contribution < -0.4 is 10.6 Å². The van der Waals surface area contributed by atoms with E-state index in [2.05, 4.69) is 87.5 Å². The van der Waals surface area contributed by atoms with Gasteiger partial charge in [-0.25, -0.2) is 0 Å². The third-order valence-electron chi connectivity index (χ3n) is 6.90. The molecular formula is C29H32N6S. The lowest BCUT2D eigenvalue weighted by molar-refractivity contribution is 0.315. The third-order valence-corrected chi connectivity index (χ3v) is 7.25. The van der Waals surface area contributed by atoms with Gasteiger partial charge in [-0.15, -0.1) is 0 Å². The Morgan fingerprint density at radius 2 is 1.75 bits per heavy atom. The molecule has 2 unspecified atom stereocenters. The zero-order chi connectivity index (χ0) is 24.9. The number of benzene rings is 1. The van der Waals surface area contributed by atoms with Crippen molar-refractivity contribution < 1.29 is 0 Å². The molecule has 1 aliphatic heterocycles. The number of thiocarbonyl (C=S) groups is 1. The first-order chi connectivity index (χ1) is 17.6. The molecular weight excluding hydrogens is 464 g/mol.